The van der Waals surface area contributed by atoms with Gasteiger partial charge < -0.3 is 10.1 Å². The van der Waals surface area contributed by atoms with Crippen LogP contribution in [0.25, 0.3) is 0 Å². The van der Waals surface area contributed by atoms with Gasteiger partial charge in [-0.3, -0.25) is 9.78 Å². The Labute approximate surface area is 118 Å². The predicted octanol–water partition coefficient (Wildman–Crippen LogP) is 2.64. The van der Waals surface area contributed by atoms with E-state index in [1.807, 2.05) is 32.0 Å². The molecule has 4 heteroatoms. The van der Waals surface area contributed by atoms with Crippen molar-refractivity contribution >= 4 is 5.91 Å². The Morgan fingerprint density at radius 3 is 2.50 bits per heavy atom. The number of carbonyl (C=O) groups excluding carboxylic acids is 1. The fraction of sp³-hybridized carbons (Fsp3) is 0.250. The van der Waals surface area contributed by atoms with E-state index in [1.165, 1.54) is 0 Å². The van der Waals surface area contributed by atoms with Crippen molar-refractivity contribution in [1.82, 2.24) is 10.3 Å². The lowest BCUT2D eigenvalue weighted by atomic mass is 10.0. The predicted molar refractivity (Wildman–Crippen MR) is 77.9 cm³/mol. The van der Waals surface area contributed by atoms with Crippen LogP contribution in [0, 0.1) is 13.8 Å². The zero-order chi connectivity index (χ0) is 14.5. The third-order valence-electron chi connectivity index (χ3n) is 3.40. The highest BCUT2D eigenvalue weighted by atomic mass is 16.5. The van der Waals surface area contributed by atoms with Crippen LogP contribution < -0.4 is 10.1 Å². The molecule has 2 aromatic rings. The molecule has 20 heavy (non-hydrogen) atoms. The number of ether oxygens (including phenoxy) is 1. The topological polar surface area (TPSA) is 51.2 Å². The number of nitrogens with one attached hydrogen (secondary N) is 1. The van der Waals surface area contributed by atoms with Crippen molar-refractivity contribution < 1.29 is 9.53 Å². The van der Waals surface area contributed by atoms with E-state index in [0.29, 0.717) is 12.1 Å². The molecule has 0 unspecified atom stereocenters. The van der Waals surface area contributed by atoms with Crippen molar-refractivity contribution in [3.05, 3.63) is 58.9 Å². The third-order valence-corrected chi connectivity index (χ3v) is 3.40. The largest absolute Gasteiger partial charge is 0.496 e. The fourth-order valence-corrected chi connectivity index (χ4v) is 2.04. The van der Waals surface area contributed by atoms with Crippen LogP contribution in [0.2, 0.25) is 0 Å². The highest BCUT2D eigenvalue weighted by molar-refractivity contribution is 5.96. The maximum absolute atomic E-state index is 12.2. The molecule has 0 aliphatic rings. The monoisotopic (exact) mass is 270 g/mol. The van der Waals surface area contributed by atoms with Gasteiger partial charge in [-0.1, -0.05) is 0 Å². The van der Waals surface area contributed by atoms with E-state index >= 15 is 0 Å². The van der Waals surface area contributed by atoms with Crippen molar-refractivity contribution in [2.75, 3.05) is 7.11 Å². The zero-order valence-corrected chi connectivity index (χ0v) is 11.9. The summed E-state index contributed by atoms with van der Waals surface area (Å²) >= 11 is 0. The third kappa shape index (κ3) is 2.96. The standard InChI is InChI=1S/C16H18N2O2/c1-11-12(2)15(20-3)5-4-14(11)16(19)18-10-13-6-8-17-9-7-13/h4-9H,10H2,1-3H3,(H,18,19). The van der Waals surface area contributed by atoms with E-state index in [-0.39, 0.29) is 5.91 Å². The summed E-state index contributed by atoms with van der Waals surface area (Å²) < 4.78 is 5.25. The molecule has 104 valence electrons. The maximum Gasteiger partial charge on any atom is 0.251 e. The number of hydrogen-bond acceptors (Lipinski definition) is 3. The van der Waals surface area contributed by atoms with Gasteiger partial charge in [-0.2, -0.15) is 0 Å². The minimum absolute atomic E-state index is 0.0786. The summed E-state index contributed by atoms with van der Waals surface area (Å²) in [7, 11) is 1.63. The molecule has 0 saturated carbocycles. The minimum Gasteiger partial charge on any atom is -0.496 e. The highest BCUT2D eigenvalue weighted by Gasteiger charge is 2.12. The molecule has 1 aromatic carbocycles. The molecular weight excluding hydrogens is 252 g/mol. The summed E-state index contributed by atoms with van der Waals surface area (Å²) in [5.41, 5.74) is 3.63. The van der Waals surface area contributed by atoms with Crippen LogP contribution in [-0.2, 0) is 6.54 Å². The number of rotatable bonds is 4. The molecule has 0 bridgehead atoms. The Balaban J connectivity index is 2.12. The molecule has 1 heterocycles. The lowest BCUT2D eigenvalue weighted by Crippen LogP contribution is -2.23. The zero-order valence-electron chi connectivity index (χ0n) is 11.9. The number of benzene rings is 1. The smallest absolute Gasteiger partial charge is 0.251 e. The summed E-state index contributed by atoms with van der Waals surface area (Å²) in [6.45, 7) is 4.37. The second kappa shape index (κ2) is 6.19. The first kappa shape index (κ1) is 14.1. The Bertz CT molecular complexity index is 609. The van der Waals surface area contributed by atoms with Gasteiger partial charge in [0.1, 0.15) is 5.75 Å². The van der Waals surface area contributed by atoms with Gasteiger partial charge in [-0.15, -0.1) is 0 Å². The molecule has 0 spiro atoms. The molecule has 0 aliphatic heterocycles. The first-order valence-electron chi connectivity index (χ1n) is 6.44. The highest BCUT2D eigenvalue weighted by Crippen LogP contribution is 2.23. The Kier molecular flexibility index (Phi) is 4.35. The Morgan fingerprint density at radius 2 is 1.85 bits per heavy atom. The van der Waals surface area contributed by atoms with Gasteiger partial charge in [0.05, 0.1) is 7.11 Å². The average molecular weight is 270 g/mol. The molecule has 2 rings (SSSR count). The summed E-state index contributed by atoms with van der Waals surface area (Å²) in [5, 5.41) is 2.91. The molecule has 0 saturated heterocycles. The maximum atomic E-state index is 12.2. The lowest BCUT2D eigenvalue weighted by Gasteiger charge is -2.12. The minimum atomic E-state index is -0.0786. The van der Waals surface area contributed by atoms with Gasteiger partial charge in [-0.25, -0.2) is 0 Å². The van der Waals surface area contributed by atoms with E-state index in [9.17, 15) is 4.79 Å². The summed E-state index contributed by atoms with van der Waals surface area (Å²) in [6, 6.07) is 7.38. The van der Waals surface area contributed by atoms with E-state index in [1.54, 1.807) is 25.6 Å². The number of aromatic nitrogens is 1. The van der Waals surface area contributed by atoms with Crippen LogP contribution in [0.15, 0.2) is 36.7 Å². The van der Waals surface area contributed by atoms with Crippen molar-refractivity contribution in [3.63, 3.8) is 0 Å². The summed E-state index contributed by atoms with van der Waals surface area (Å²) in [4.78, 5) is 16.2. The van der Waals surface area contributed by atoms with Crippen molar-refractivity contribution in [2.45, 2.75) is 20.4 Å². The molecule has 0 aliphatic carbocycles. The first-order valence-corrected chi connectivity index (χ1v) is 6.44. The summed E-state index contributed by atoms with van der Waals surface area (Å²) in [6.07, 6.45) is 3.43. The molecular formula is C16H18N2O2. The van der Waals surface area contributed by atoms with E-state index < -0.39 is 0 Å². The number of hydrogen-bond donors (Lipinski definition) is 1. The Morgan fingerprint density at radius 1 is 1.15 bits per heavy atom. The second-order valence-corrected chi connectivity index (χ2v) is 4.60. The van der Waals surface area contributed by atoms with Crippen LogP contribution in [-0.4, -0.2) is 18.0 Å². The van der Waals surface area contributed by atoms with Crippen LogP contribution in [0.1, 0.15) is 27.0 Å². The molecule has 1 amide bonds. The number of carbonyl (C=O) groups is 1. The van der Waals surface area contributed by atoms with E-state index in [2.05, 4.69) is 10.3 Å². The number of nitrogens with zero attached hydrogens (tertiary/aromatic N) is 1. The molecule has 4 nitrogen and oxygen atoms in total. The number of methoxy groups -OCH3 is 1. The van der Waals surface area contributed by atoms with Gasteiger partial charge in [0.2, 0.25) is 0 Å². The Hall–Kier alpha value is -2.36. The van der Waals surface area contributed by atoms with Gasteiger partial charge in [0, 0.05) is 24.5 Å². The van der Waals surface area contributed by atoms with Crippen molar-refractivity contribution in [1.29, 1.82) is 0 Å². The molecule has 1 aromatic heterocycles. The van der Waals surface area contributed by atoms with Crippen LogP contribution in [0.5, 0.6) is 5.75 Å². The van der Waals surface area contributed by atoms with Crippen LogP contribution in [0.4, 0.5) is 0 Å². The normalized spacial score (nSPS) is 10.2. The van der Waals surface area contributed by atoms with Crippen LogP contribution in [0.3, 0.4) is 0 Å². The fourth-order valence-electron chi connectivity index (χ4n) is 2.04. The molecule has 0 atom stereocenters. The van der Waals surface area contributed by atoms with Crippen LogP contribution >= 0.6 is 0 Å². The molecule has 0 fully saturated rings. The quantitative estimate of drug-likeness (QED) is 0.929. The van der Waals surface area contributed by atoms with E-state index in [4.69, 9.17) is 4.74 Å². The molecule has 1 N–H and O–H groups in total. The average Bonchev–Trinajstić information content (AvgIpc) is 2.48. The van der Waals surface area contributed by atoms with Crippen molar-refractivity contribution in [3.8, 4) is 5.75 Å². The first-order chi connectivity index (χ1) is 9.63. The van der Waals surface area contributed by atoms with Gasteiger partial charge >= 0.3 is 0 Å². The number of amides is 1. The summed E-state index contributed by atoms with van der Waals surface area (Å²) in [5.74, 6) is 0.721. The van der Waals surface area contributed by atoms with Gasteiger partial charge in [0.25, 0.3) is 5.91 Å². The molecule has 0 radical (unpaired) electrons. The lowest BCUT2D eigenvalue weighted by molar-refractivity contribution is 0.0950. The number of pyridine rings is 1. The second-order valence-electron chi connectivity index (χ2n) is 4.60. The SMILES string of the molecule is COc1ccc(C(=O)NCc2ccncc2)c(C)c1C. The van der Waals surface area contributed by atoms with Crippen molar-refractivity contribution in [2.24, 2.45) is 0 Å². The van der Waals surface area contributed by atoms with E-state index in [0.717, 1.165) is 22.4 Å². The van der Waals surface area contributed by atoms with Gasteiger partial charge in [0.15, 0.2) is 0 Å². The van der Waals surface area contributed by atoms with Gasteiger partial charge in [-0.05, 0) is 54.8 Å².